The first-order chi connectivity index (χ1) is 9.28. The topological polar surface area (TPSA) is 64.9 Å². The summed E-state index contributed by atoms with van der Waals surface area (Å²) >= 11 is 0. The molecule has 1 aliphatic carbocycles. The summed E-state index contributed by atoms with van der Waals surface area (Å²) in [5.74, 6) is 1.70. The van der Waals surface area contributed by atoms with Crippen molar-refractivity contribution in [3.8, 4) is 11.4 Å². The van der Waals surface area contributed by atoms with E-state index in [0.29, 0.717) is 12.6 Å². The van der Waals surface area contributed by atoms with Crippen LogP contribution in [0.2, 0.25) is 0 Å². The molecule has 0 radical (unpaired) electrons. The van der Waals surface area contributed by atoms with Gasteiger partial charge in [-0.15, -0.1) is 5.10 Å². The highest BCUT2D eigenvalue weighted by molar-refractivity contribution is 5.43. The van der Waals surface area contributed by atoms with Crippen LogP contribution in [0.5, 0.6) is 5.75 Å². The van der Waals surface area contributed by atoms with Crippen LogP contribution in [0.3, 0.4) is 0 Å². The summed E-state index contributed by atoms with van der Waals surface area (Å²) in [6, 6.07) is 6.56. The maximum absolute atomic E-state index is 5.26. The predicted octanol–water partition coefficient (Wildman–Crippen LogP) is 1.23. The third-order valence-electron chi connectivity index (χ3n) is 3.28. The number of methoxy groups -OCH3 is 1. The van der Waals surface area contributed by atoms with E-state index in [1.54, 1.807) is 11.8 Å². The Labute approximate surface area is 111 Å². The molecule has 0 aliphatic heterocycles. The van der Waals surface area contributed by atoms with Crippen LogP contribution in [0, 0.1) is 6.92 Å². The van der Waals surface area contributed by atoms with E-state index in [9.17, 15) is 0 Å². The Hall–Kier alpha value is -1.95. The van der Waals surface area contributed by atoms with Crippen molar-refractivity contribution in [2.45, 2.75) is 32.4 Å². The van der Waals surface area contributed by atoms with Gasteiger partial charge in [0, 0.05) is 6.04 Å². The molecule has 0 amide bonds. The van der Waals surface area contributed by atoms with E-state index in [2.05, 4.69) is 20.8 Å². The minimum Gasteiger partial charge on any atom is -0.496 e. The smallest absolute Gasteiger partial charge is 0.170 e. The Kier molecular flexibility index (Phi) is 3.16. The molecule has 0 bridgehead atoms. The van der Waals surface area contributed by atoms with E-state index in [1.165, 1.54) is 12.8 Å². The van der Waals surface area contributed by atoms with E-state index in [4.69, 9.17) is 4.74 Å². The van der Waals surface area contributed by atoms with Gasteiger partial charge in [-0.25, -0.2) is 0 Å². The standard InChI is InChI=1S/C13H17N5O/c1-9-7-11(5-6-12(9)19-2)18-13(15-16-17-18)8-14-10-3-4-10/h5-7,10,14H,3-4,8H2,1-2H3. The van der Waals surface area contributed by atoms with Gasteiger partial charge < -0.3 is 10.1 Å². The second-order valence-electron chi connectivity index (χ2n) is 4.82. The summed E-state index contributed by atoms with van der Waals surface area (Å²) in [5, 5.41) is 15.3. The van der Waals surface area contributed by atoms with Crippen molar-refractivity contribution < 1.29 is 4.74 Å². The summed E-state index contributed by atoms with van der Waals surface area (Å²) in [5.41, 5.74) is 2.02. The lowest BCUT2D eigenvalue weighted by molar-refractivity contribution is 0.411. The van der Waals surface area contributed by atoms with E-state index < -0.39 is 0 Å². The van der Waals surface area contributed by atoms with E-state index in [0.717, 1.165) is 22.8 Å². The molecule has 1 aromatic carbocycles. The molecule has 6 heteroatoms. The van der Waals surface area contributed by atoms with Gasteiger partial charge in [-0.1, -0.05) is 0 Å². The van der Waals surface area contributed by atoms with Crippen molar-refractivity contribution in [2.75, 3.05) is 7.11 Å². The monoisotopic (exact) mass is 259 g/mol. The van der Waals surface area contributed by atoms with Crippen LogP contribution >= 0.6 is 0 Å². The maximum atomic E-state index is 5.26. The van der Waals surface area contributed by atoms with Crippen LogP contribution in [0.25, 0.3) is 5.69 Å². The minimum atomic E-state index is 0.641. The first-order valence-corrected chi connectivity index (χ1v) is 6.43. The number of tetrazole rings is 1. The lowest BCUT2D eigenvalue weighted by Crippen LogP contribution is -2.18. The normalized spacial score (nSPS) is 14.6. The van der Waals surface area contributed by atoms with Gasteiger partial charge in [0.1, 0.15) is 5.75 Å². The summed E-state index contributed by atoms with van der Waals surface area (Å²) in [6.45, 7) is 2.71. The molecule has 0 unspecified atom stereocenters. The first kappa shape index (κ1) is 12.1. The molecule has 19 heavy (non-hydrogen) atoms. The Bertz CT molecular complexity index is 576. The molecule has 0 atom stereocenters. The number of ether oxygens (including phenoxy) is 1. The molecule has 1 fully saturated rings. The third kappa shape index (κ3) is 2.58. The molecule has 1 aromatic heterocycles. The van der Waals surface area contributed by atoms with Crippen LogP contribution in [0.15, 0.2) is 18.2 Å². The summed E-state index contributed by atoms with van der Waals surface area (Å²) in [6.07, 6.45) is 2.51. The zero-order valence-electron chi connectivity index (χ0n) is 11.1. The van der Waals surface area contributed by atoms with Gasteiger partial charge in [0.25, 0.3) is 0 Å². The number of hydrogen-bond donors (Lipinski definition) is 1. The quantitative estimate of drug-likeness (QED) is 0.875. The summed E-state index contributed by atoms with van der Waals surface area (Å²) in [7, 11) is 1.67. The maximum Gasteiger partial charge on any atom is 0.170 e. The van der Waals surface area contributed by atoms with Crippen molar-refractivity contribution in [3.05, 3.63) is 29.6 Å². The average molecular weight is 259 g/mol. The second-order valence-corrected chi connectivity index (χ2v) is 4.82. The number of hydrogen-bond acceptors (Lipinski definition) is 5. The molecule has 100 valence electrons. The largest absolute Gasteiger partial charge is 0.496 e. The van der Waals surface area contributed by atoms with Gasteiger partial charge in [-0.05, 0) is 54.0 Å². The van der Waals surface area contributed by atoms with Crippen LogP contribution < -0.4 is 10.1 Å². The highest BCUT2D eigenvalue weighted by atomic mass is 16.5. The van der Waals surface area contributed by atoms with Gasteiger partial charge in [-0.2, -0.15) is 4.68 Å². The van der Waals surface area contributed by atoms with Crippen LogP contribution in [0.4, 0.5) is 0 Å². The molecule has 1 aliphatic rings. The van der Waals surface area contributed by atoms with Crippen LogP contribution in [-0.2, 0) is 6.54 Å². The van der Waals surface area contributed by atoms with Gasteiger partial charge in [0.15, 0.2) is 5.82 Å². The zero-order chi connectivity index (χ0) is 13.2. The van der Waals surface area contributed by atoms with Gasteiger partial charge in [0.05, 0.1) is 19.3 Å². The van der Waals surface area contributed by atoms with Crippen molar-refractivity contribution >= 4 is 0 Å². The highest BCUT2D eigenvalue weighted by Crippen LogP contribution is 2.22. The third-order valence-corrected chi connectivity index (χ3v) is 3.28. The Morgan fingerprint density at radius 2 is 2.26 bits per heavy atom. The van der Waals surface area contributed by atoms with Crippen molar-refractivity contribution in [1.82, 2.24) is 25.5 Å². The number of benzene rings is 1. The van der Waals surface area contributed by atoms with Gasteiger partial charge >= 0.3 is 0 Å². The number of nitrogens with zero attached hydrogens (tertiary/aromatic N) is 4. The van der Waals surface area contributed by atoms with Crippen molar-refractivity contribution in [1.29, 1.82) is 0 Å². The highest BCUT2D eigenvalue weighted by Gasteiger charge is 2.21. The Morgan fingerprint density at radius 3 is 2.95 bits per heavy atom. The van der Waals surface area contributed by atoms with Crippen LogP contribution in [0.1, 0.15) is 24.2 Å². The Balaban J connectivity index is 1.84. The van der Waals surface area contributed by atoms with Gasteiger partial charge in [-0.3, -0.25) is 0 Å². The molecule has 0 saturated heterocycles. The summed E-state index contributed by atoms with van der Waals surface area (Å²) in [4.78, 5) is 0. The van der Waals surface area contributed by atoms with E-state index >= 15 is 0 Å². The van der Waals surface area contributed by atoms with Crippen molar-refractivity contribution in [3.63, 3.8) is 0 Å². The second kappa shape index (κ2) is 4.97. The lowest BCUT2D eigenvalue weighted by Gasteiger charge is -2.08. The van der Waals surface area contributed by atoms with Gasteiger partial charge in [0.2, 0.25) is 0 Å². The fraction of sp³-hybridized carbons (Fsp3) is 0.462. The van der Waals surface area contributed by atoms with E-state index in [1.807, 2.05) is 25.1 Å². The number of rotatable bonds is 5. The zero-order valence-corrected chi connectivity index (χ0v) is 11.1. The number of nitrogens with one attached hydrogen (secondary N) is 1. The SMILES string of the molecule is COc1ccc(-n2nnnc2CNC2CC2)cc1C. The molecule has 2 aromatic rings. The number of aromatic nitrogens is 4. The van der Waals surface area contributed by atoms with Crippen LogP contribution in [-0.4, -0.2) is 33.4 Å². The molecular formula is C13H17N5O. The molecule has 0 spiro atoms. The molecule has 1 saturated carbocycles. The Morgan fingerprint density at radius 1 is 1.42 bits per heavy atom. The van der Waals surface area contributed by atoms with E-state index in [-0.39, 0.29) is 0 Å². The minimum absolute atomic E-state index is 0.641. The fourth-order valence-corrected chi connectivity index (χ4v) is 2.03. The molecule has 1 N–H and O–H groups in total. The first-order valence-electron chi connectivity index (χ1n) is 6.43. The summed E-state index contributed by atoms with van der Waals surface area (Å²) < 4.78 is 7.03. The number of aryl methyl sites for hydroxylation is 1. The van der Waals surface area contributed by atoms with Crippen molar-refractivity contribution in [2.24, 2.45) is 0 Å². The predicted molar refractivity (Wildman–Crippen MR) is 70.3 cm³/mol. The molecular weight excluding hydrogens is 242 g/mol. The fourth-order valence-electron chi connectivity index (χ4n) is 2.03. The molecule has 1 heterocycles. The molecule has 6 nitrogen and oxygen atoms in total. The molecule has 3 rings (SSSR count). The average Bonchev–Trinajstić information content (AvgIpc) is 3.13. The lowest BCUT2D eigenvalue weighted by atomic mass is 10.2.